The van der Waals surface area contributed by atoms with Crippen LogP contribution in [0.25, 0.3) is 0 Å². The van der Waals surface area contributed by atoms with Crippen molar-refractivity contribution in [2.75, 3.05) is 0 Å². The molecular formula is C30H42O6. The summed E-state index contributed by atoms with van der Waals surface area (Å²) < 4.78 is 11.7. The third-order valence-corrected chi connectivity index (χ3v) is 8.36. The molecule has 0 amide bonds. The first kappa shape index (κ1) is 28.1. The number of esters is 2. The number of Topliss-reactive ketones (excluding diaryl/α,β-unsaturated/α-hetero) is 1. The van der Waals surface area contributed by atoms with Gasteiger partial charge in [0.1, 0.15) is 6.10 Å². The molecule has 1 N–H and O–H groups in total. The van der Waals surface area contributed by atoms with Crippen molar-refractivity contribution in [1.29, 1.82) is 0 Å². The van der Waals surface area contributed by atoms with Gasteiger partial charge in [0.2, 0.25) is 5.78 Å². The van der Waals surface area contributed by atoms with Crippen molar-refractivity contribution in [3.63, 3.8) is 0 Å². The van der Waals surface area contributed by atoms with Gasteiger partial charge in [-0.3, -0.25) is 9.59 Å². The molecule has 2 fully saturated rings. The third-order valence-electron chi connectivity index (χ3n) is 8.36. The van der Waals surface area contributed by atoms with Crippen molar-refractivity contribution in [1.82, 2.24) is 0 Å². The summed E-state index contributed by atoms with van der Waals surface area (Å²) in [4.78, 5) is 38.7. The number of allylic oxidation sites excluding steroid dienone is 4. The van der Waals surface area contributed by atoms with Gasteiger partial charge in [0.25, 0.3) is 0 Å². The van der Waals surface area contributed by atoms with E-state index in [2.05, 4.69) is 20.8 Å². The van der Waals surface area contributed by atoms with E-state index < -0.39 is 35.7 Å². The Morgan fingerprint density at radius 2 is 1.86 bits per heavy atom. The maximum absolute atomic E-state index is 13.9. The fraction of sp³-hybridized carbons (Fsp3) is 0.633. The first-order valence-electron chi connectivity index (χ1n) is 13.2. The Hall–Kier alpha value is -2.47. The normalized spacial score (nSPS) is 37.4. The number of unbranched alkanes of at least 4 members (excludes halogenated alkanes) is 1. The van der Waals surface area contributed by atoms with Crippen molar-refractivity contribution >= 4 is 17.7 Å². The highest BCUT2D eigenvalue weighted by atomic mass is 16.6. The number of aliphatic hydroxyl groups excluding tert-OH is 1. The fourth-order valence-corrected chi connectivity index (χ4v) is 6.10. The molecule has 0 aromatic rings. The average Bonchev–Trinajstić information content (AvgIpc) is 3.21. The number of carbonyl (C=O) groups is 3. The van der Waals surface area contributed by atoms with E-state index in [1.165, 1.54) is 13.0 Å². The van der Waals surface area contributed by atoms with Crippen LogP contribution in [0.5, 0.6) is 0 Å². The lowest BCUT2D eigenvalue weighted by Gasteiger charge is -2.34. The van der Waals surface area contributed by atoms with Crippen molar-refractivity contribution in [3.05, 3.63) is 47.6 Å². The molecule has 3 aliphatic carbocycles. The summed E-state index contributed by atoms with van der Waals surface area (Å²) in [5.41, 5.74) is -0.238. The van der Waals surface area contributed by atoms with Gasteiger partial charge < -0.3 is 14.6 Å². The monoisotopic (exact) mass is 498 g/mol. The molecular weight excluding hydrogens is 456 g/mol. The van der Waals surface area contributed by atoms with Gasteiger partial charge in [0, 0.05) is 19.4 Å². The minimum Gasteiger partial charge on any atom is -0.455 e. The van der Waals surface area contributed by atoms with E-state index in [0.717, 1.165) is 18.4 Å². The van der Waals surface area contributed by atoms with E-state index >= 15 is 0 Å². The van der Waals surface area contributed by atoms with Crippen LogP contribution >= 0.6 is 0 Å². The van der Waals surface area contributed by atoms with E-state index in [9.17, 15) is 19.5 Å². The lowest BCUT2D eigenvalue weighted by Crippen LogP contribution is -2.48. The number of rotatable bonds is 6. The zero-order valence-corrected chi connectivity index (χ0v) is 22.7. The van der Waals surface area contributed by atoms with Crippen LogP contribution in [0.15, 0.2) is 47.6 Å². The predicted octanol–water partition coefficient (Wildman–Crippen LogP) is 5.27. The van der Waals surface area contributed by atoms with Crippen LogP contribution in [-0.4, -0.2) is 40.6 Å². The van der Waals surface area contributed by atoms with Crippen LogP contribution in [0.4, 0.5) is 0 Å². The van der Waals surface area contributed by atoms with Gasteiger partial charge in [0.15, 0.2) is 5.60 Å². The van der Waals surface area contributed by atoms with Crippen molar-refractivity contribution < 1.29 is 29.0 Å². The predicted molar refractivity (Wildman–Crippen MR) is 139 cm³/mol. The highest BCUT2D eigenvalue weighted by Crippen LogP contribution is 2.62. The Morgan fingerprint density at radius 3 is 2.50 bits per heavy atom. The average molecular weight is 499 g/mol. The van der Waals surface area contributed by atoms with Gasteiger partial charge >= 0.3 is 11.9 Å². The van der Waals surface area contributed by atoms with Crippen LogP contribution in [0, 0.1) is 29.1 Å². The molecule has 3 aliphatic rings. The molecule has 0 bridgehead atoms. The van der Waals surface area contributed by atoms with Gasteiger partial charge in [-0.1, -0.05) is 64.5 Å². The van der Waals surface area contributed by atoms with Crippen LogP contribution in [0.3, 0.4) is 0 Å². The van der Waals surface area contributed by atoms with Crippen LogP contribution in [0.2, 0.25) is 0 Å². The summed E-state index contributed by atoms with van der Waals surface area (Å²) in [6.07, 6.45) is 12.2. The molecule has 6 nitrogen and oxygen atoms in total. The molecule has 0 aromatic heterocycles. The topological polar surface area (TPSA) is 89.9 Å². The molecule has 7 atom stereocenters. The molecule has 0 radical (unpaired) electrons. The second kappa shape index (κ2) is 10.9. The number of fused-ring (bicyclic) bond motifs is 2. The highest BCUT2D eigenvalue weighted by molar-refractivity contribution is 6.03. The lowest BCUT2D eigenvalue weighted by atomic mass is 9.80. The van der Waals surface area contributed by atoms with Crippen molar-refractivity contribution in [2.45, 2.75) is 92.0 Å². The lowest BCUT2D eigenvalue weighted by molar-refractivity contribution is -0.168. The molecule has 0 heterocycles. The minimum absolute atomic E-state index is 0.0547. The Bertz CT molecular complexity index is 999. The van der Waals surface area contributed by atoms with E-state index in [1.807, 2.05) is 32.1 Å². The van der Waals surface area contributed by atoms with E-state index in [4.69, 9.17) is 9.47 Å². The summed E-state index contributed by atoms with van der Waals surface area (Å²) in [5, 5.41) is 11.1. The number of hydrogen-bond donors (Lipinski definition) is 1. The van der Waals surface area contributed by atoms with Gasteiger partial charge in [-0.05, 0) is 61.0 Å². The quantitative estimate of drug-likeness (QED) is 0.232. The van der Waals surface area contributed by atoms with E-state index in [-0.39, 0.29) is 35.4 Å². The maximum Gasteiger partial charge on any atom is 0.331 e. The summed E-state index contributed by atoms with van der Waals surface area (Å²) in [6, 6.07) is 0. The van der Waals surface area contributed by atoms with Gasteiger partial charge in [-0.25, -0.2) is 4.79 Å². The van der Waals surface area contributed by atoms with Crippen LogP contribution in [-0.2, 0) is 23.9 Å². The molecule has 6 heteroatoms. The first-order valence-corrected chi connectivity index (χ1v) is 13.2. The molecule has 0 aromatic carbocycles. The molecule has 2 saturated carbocycles. The van der Waals surface area contributed by atoms with E-state index in [0.29, 0.717) is 12.0 Å². The molecule has 0 aliphatic heterocycles. The third kappa shape index (κ3) is 5.59. The summed E-state index contributed by atoms with van der Waals surface area (Å²) >= 11 is 0. The van der Waals surface area contributed by atoms with Crippen LogP contribution < -0.4 is 0 Å². The first-order chi connectivity index (χ1) is 16.8. The summed E-state index contributed by atoms with van der Waals surface area (Å²) in [6.45, 7) is 13.2. The fourth-order valence-electron chi connectivity index (χ4n) is 6.10. The second-order valence-corrected chi connectivity index (χ2v) is 11.5. The maximum atomic E-state index is 13.9. The Kier molecular flexibility index (Phi) is 8.49. The van der Waals surface area contributed by atoms with Gasteiger partial charge in [-0.2, -0.15) is 0 Å². The van der Waals surface area contributed by atoms with Gasteiger partial charge in [0.05, 0.1) is 12.0 Å². The number of aliphatic hydroxyl groups is 1. The van der Waals surface area contributed by atoms with Crippen molar-refractivity contribution in [3.8, 4) is 0 Å². The summed E-state index contributed by atoms with van der Waals surface area (Å²) in [5.74, 6) is -1.87. The number of carbonyl (C=O) groups excluding carboxylic acids is 3. The zero-order chi connectivity index (χ0) is 26.8. The Morgan fingerprint density at radius 1 is 1.17 bits per heavy atom. The molecule has 0 spiro atoms. The SMILES string of the molecule is CCC/C=C/C=C/C(=O)O[C@@H]1C[C@H]2[C@@H](/C=C(/C)C(=O)[C@@]3(OC(C)=O)C[C@@H](C)[C@H](O)[C@@H]3C=C1C)C2(C)C. The molecule has 0 unspecified atom stereocenters. The smallest absolute Gasteiger partial charge is 0.331 e. The second-order valence-electron chi connectivity index (χ2n) is 11.5. The number of ketones is 1. The Balaban J connectivity index is 2.03. The van der Waals surface area contributed by atoms with E-state index in [1.54, 1.807) is 19.1 Å². The number of ether oxygens (including phenoxy) is 2. The number of hydrogen-bond acceptors (Lipinski definition) is 6. The molecule has 3 rings (SSSR count). The minimum atomic E-state index is -1.48. The molecule has 0 saturated heterocycles. The standard InChI is InChI=1S/C30H42O6/c1-8-9-10-11-12-13-26(32)35-25-16-23-22(29(23,6)7)15-19(3)28(34)30(36-21(5)31)17-20(4)27(33)24(30)14-18(25)2/h10-15,20,22-25,27,33H,8-9,16-17H2,1-7H3/b11-10+,13-12+,18-14?,19-15-/t20-,22-,23+,24+,25-,27+,30-/m1/s1. The van der Waals surface area contributed by atoms with Crippen LogP contribution in [0.1, 0.15) is 74.1 Å². The largest absolute Gasteiger partial charge is 0.455 e. The molecule has 36 heavy (non-hydrogen) atoms. The van der Waals surface area contributed by atoms with Crippen molar-refractivity contribution in [2.24, 2.45) is 29.1 Å². The molecule has 198 valence electrons. The highest BCUT2D eigenvalue weighted by Gasteiger charge is 2.61. The zero-order valence-electron chi connectivity index (χ0n) is 22.7. The Labute approximate surface area is 215 Å². The van der Waals surface area contributed by atoms with Gasteiger partial charge in [-0.15, -0.1) is 0 Å². The summed E-state index contributed by atoms with van der Waals surface area (Å²) in [7, 11) is 0.